The fourth-order valence-electron chi connectivity index (χ4n) is 4.56. The zero-order valence-electron chi connectivity index (χ0n) is 22.4. The lowest BCUT2D eigenvalue weighted by molar-refractivity contribution is -0.113. The number of thiazole rings is 1. The highest BCUT2D eigenvalue weighted by atomic mass is 32.1. The molecular weight excluding hydrogens is 541 g/mol. The number of nitrogens with zero attached hydrogens (tertiary/aromatic N) is 2. The van der Waals surface area contributed by atoms with Gasteiger partial charge in [0.05, 0.1) is 28.5 Å². The molecule has 3 aromatic carbocycles. The molecule has 0 bridgehead atoms. The van der Waals surface area contributed by atoms with Gasteiger partial charge < -0.3 is 14.8 Å². The number of hydrogen-bond acceptors (Lipinski definition) is 6. The number of amides is 1. The summed E-state index contributed by atoms with van der Waals surface area (Å²) in [5.74, 6) is 2.62. The number of ether oxygens (including phenoxy) is 2. The molecule has 1 aliphatic rings. The van der Waals surface area contributed by atoms with Gasteiger partial charge in [0.2, 0.25) is 0 Å². The van der Waals surface area contributed by atoms with E-state index in [0.29, 0.717) is 55.5 Å². The van der Waals surface area contributed by atoms with E-state index in [9.17, 15) is 14.0 Å². The van der Waals surface area contributed by atoms with Crippen LogP contribution in [0.25, 0.3) is 6.08 Å². The first-order valence-electron chi connectivity index (χ1n) is 12.9. The van der Waals surface area contributed by atoms with E-state index in [1.165, 1.54) is 28.0 Å². The third-order valence-corrected chi connectivity index (χ3v) is 7.34. The molecule has 0 unspecified atom stereocenters. The third-order valence-electron chi connectivity index (χ3n) is 6.36. The lowest BCUT2D eigenvalue weighted by Gasteiger charge is -2.25. The van der Waals surface area contributed by atoms with Crippen molar-refractivity contribution in [2.24, 2.45) is 4.99 Å². The van der Waals surface area contributed by atoms with Gasteiger partial charge in [0, 0.05) is 5.69 Å². The van der Waals surface area contributed by atoms with Gasteiger partial charge in [-0.25, -0.2) is 9.38 Å². The van der Waals surface area contributed by atoms with Crippen LogP contribution in [-0.2, 0) is 4.79 Å². The van der Waals surface area contributed by atoms with Crippen LogP contribution in [0, 0.1) is 18.2 Å². The number of benzene rings is 3. The topological polar surface area (TPSA) is 81.9 Å². The normalized spacial score (nSPS) is 14.6. The number of rotatable bonds is 8. The molecule has 1 amide bonds. The molecular formula is C32H26FN3O4S. The van der Waals surface area contributed by atoms with E-state index in [1.54, 1.807) is 55.5 Å². The van der Waals surface area contributed by atoms with E-state index in [-0.39, 0.29) is 12.2 Å². The van der Waals surface area contributed by atoms with Gasteiger partial charge in [-0.05, 0) is 67.4 Å². The van der Waals surface area contributed by atoms with Crippen molar-refractivity contribution in [2.75, 3.05) is 18.5 Å². The molecule has 41 heavy (non-hydrogen) atoms. The maximum Gasteiger partial charge on any atom is 0.271 e. The van der Waals surface area contributed by atoms with E-state index in [2.05, 4.69) is 16.2 Å². The average molecular weight is 568 g/mol. The molecule has 1 aromatic heterocycles. The number of halogens is 1. The Kier molecular flexibility index (Phi) is 8.13. The average Bonchev–Trinajstić information content (AvgIpc) is 3.27. The van der Waals surface area contributed by atoms with E-state index in [0.717, 1.165) is 0 Å². The first kappa shape index (κ1) is 27.6. The second kappa shape index (κ2) is 12.1. The number of aromatic nitrogens is 1. The predicted molar refractivity (Wildman–Crippen MR) is 157 cm³/mol. The van der Waals surface area contributed by atoms with Crippen molar-refractivity contribution in [1.82, 2.24) is 4.57 Å². The summed E-state index contributed by atoms with van der Waals surface area (Å²) in [6.45, 7) is 4.11. The molecule has 5 rings (SSSR count). The number of hydrogen-bond donors (Lipinski definition) is 1. The molecule has 0 aliphatic carbocycles. The number of anilines is 1. The Morgan fingerprint density at radius 2 is 1.88 bits per heavy atom. The molecule has 7 nitrogen and oxygen atoms in total. The first-order valence-corrected chi connectivity index (χ1v) is 13.7. The van der Waals surface area contributed by atoms with Crippen LogP contribution in [0.5, 0.6) is 11.5 Å². The number of nitrogens with one attached hydrogen (secondary N) is 1. The highest BCUT2D eigenvalue weighted by Crippen LogP contribution is 2.31. The predicted octanol–water partition coefficient (Wildman–Crippen LogP) is 4.42. The van der Waals surface area contributed by atoms with Crippen LogP contribution in [0.3, 0.4) is 0 Å². The van der Waals surface area contributed by atoms with Crippen molar-refractivity contribution < 1.29 is 18.7 Å². The molecule has 2 heterocycles. The smallest absolute Gasteiger partial charge is 0.271 e. The van der Waals surface area contributed by atoms with Gasteiger partial charge in [-0.3, -0.25) is 14.2 Å². The summed E-state index contributed by atoms with van der Waals surface area (Å²) in [6, 6.07) is 19.3. The van der Waals surface area contributed by atoms with E-state index in [4.69, 9.17) is 15.9 Å². The zero-order chi connectivity index (χ0) is 28.9. The second-order valence-electron chi connectivity index (χ2n) is 9.09. The standard InChI is InChI=1S/C32H26FN3O4S/c1-4-17-40-25-16-11-21(18-26(25)39-5-2)19-27-31(38)36-29(22-12-14-23(33)15-13-22)28(20(3)34-32(36)41-27)30(37)35-24-9-7-6-8-10-24/h1,6-16,18-19,29H,5,17H2,2-3H3,(H,35,37)/b27-19-/t29-/m0/s1. The molecule has 1 N–H and O–H groups in total. The van der Waals surface area contributed by atoms with Crippen molar-refractivity contribution in [3.05, 3.63) is 121 Å². The van der Waals surface area contributed by atoms with Gasteiger partial charge >= 0.3 is 0 Å². The van der Waals surface area contributed by atoms with Crippen molar-refractivity contribution in [3.63, 3.8) is 0 Å². The third kappa shape index (κ3) is 5.83. The van der Waals surface area contributed by atoms with E-state index in [1.807, 2.05) is 25.1 Å². The van der Waals surface area contributed by atoms with Gasteiger partial charge in [-0.1, -0.05) is 53.7 Å². The van der Waals surface area contributed by atoms with Crippen molar-refractivity contribution in [1.29, 1.82) is 0 Å². The summed E-state index contributed by atoms with van der Waals surface area (Å²) in [5.41, 5.74) is 2.34. The van der Waals surface area contributed by atoms with Crippen LogP contribution >= 0.6 is 11.3 Å². The van der Waals surface area contributed by atoms with Gasteiger partial charge in [0.1, 0.15) is 12.4 Å². The maximum absolute atomic E-state index is 13.9. The van der Waals surface area contributed by atoms with E-state index >= 15 is 0 Å². The number of carbonyl (C=O) groups is 1. The highest BCUT2D eigenvalue weighted by Gasteiger charge is 2.32. The Bertz CT molecular complexity index is 1850. The van der Waals surface area contributed by atoms with Crippen LogP contribution in [0.15, 0.2) is 93.9 Å². The van der Waals surface area contributed by atoms with Crippen LogP contribution in [0.2, 0.25) is 0 Å². The molecule has 206 valence electrons. The molecule has 0 spiro atoms. The molecule has 1 aliphatic heterocycles. The maximum atomic E-state index is 13.9. The van der Waals surface area contributed by atoms with Crippen LogP contribution in [0.4, 0.5) is 10.1 Å². The summed E-state index contributed by atoms with van der Waals surface area (Å²) in [6.07, 6.45) is 7.06. The van der Waals surface area contributed by atoms with Crippen LogP contribution in [-0.4, -0.2) is 23.7 Å². The second-order valence-corrected chi connectivity index (χ2v) is 10.1. The SMILES string of the molecule is C#CCOc1ccc(/C=c2\sc3n(c2=O)[C@@H](c2ccc(F)cc2)C(C(=O)Nc2ccccc2)=C(C)N=3)cc1OCC. The Balaban J connectivity index is 1.62. The summed E-state index contributed by atoms with van der Waals surface area (Å²) >= 11 is 1.21. The monoisotopic (exact) mass is 567 g/mol. The number of carbonyl (C=O) groups excluding carboxylic acids is 1. The molecule has 1 atom stereocenters. The minimum atomic E-state index is -0.809. The fourth-order valence-corrected chi connectivity index (χ4v) is 5.61. The Hall–Kier alpha value is -4.94. The number of allylic oxidation sites excluding steroid dienone is 1. The Labute approximate surface area is 239 Å². The van der Waals surface area contributed by atoms with Crippen molar-refractivity contribution >= 4 is 29.0 Å². The fraction of sp³-hybridized carbons (Fsp3) is 0.156. The minimum absolute atomic E-state index is 0.0982. The van der Waals surface area contributed by atoms with Crippen LogP contribution < -0.4 is 29.7 Å². The van der Waals surface area contributed by atoms with Gasteiger partial charge in [-0.2, -0.15) is 0 Å². The number of para-hydroxylation sites is 1. The molecule has 0 saturated carbocycles. The number of terminal acetylenes is 1. The molecule has 9 heteroatoms. The molecule has 0 radical (unpaired) electrons. The quantitative estimate of drug-likeness (QED) is 0.320. The largest absolute Gasteiger partial charge is 0.490 e. The van der Waals surface area contributed by atoms with Crippen LogP contribution in [0.1, 0.15) is 31.0 Å². The summed E-state index contributed by atoms with van der Waals surface area (Å²) in [5, 5.41) is 2.90. The van der Waals surface area contributed by atoms with Crippen molar-refractivity contribution in [3.8, 4) is 23.8 Å². The first-order chi connectivity index (χ1) is 19.9. The summed E-state index contributed by atoms with van der Waals surface area (Å²) < 4.78 is 27.1. The zero-order valence-corrected chi connectivity index (χ0v) is 23.2. The number of fused-ring (bicyclic) bond motifs is 1. The molecule has 0 fully saturated rings. The van der Waals surface area contributed by atoms with Gasteiger partial charge in [0.25, 0.3) is 11.5 Å². The lowest BCUT2D eigenvalue weighted by atomic mass is 9.95. The van der Waals surface area contributed by atoms with Crippen molar-refractivity contribution in [2.45, 2.75) is 19.9 Å². The van der Waals surface area contributed by atoms with Gasteiger partial charge in [0.15, 0.2) is 16.3 Å². The lowest BCUT2D eigenvalue weighted by Crippen LogP contribution is -2.40. The summed E-state index contributed by atoms with van der Waals surface area (Å²) in [4.78, 5) is 32.6. The highest BCUT2D eigenvalue weighted by molar-refractivity contribution is 7.07. The van der Waals surface area contributed by atoms with Gasteiger partial charge in [-0.15, -0.1) is 6.42 Å². The summed E-state index contributed by atoms with van der Waals surface area (Å²) in [7, 11) is 0. The van der Waals surface area contributed by atoms with E-state index < -0.39 is 17.8 Å². The molecule has 4 aromatic rings. The molecule has 0 saturated heterocycles. The minimum Gasteiger partial charge on any atom is -0.490 e. The Morgan fingerprint density at radius 3 is 2.59 bits per heavy atom. The Morgan fingerprint density at radius 1 is 1.12 bits per heavy atom.